The first-order chi connectivity index (χ1) is 15.7. The van der Waals surface area contributed by atoms with Gasteiger partial charge in [-0.1, -0.05) is 0 Å². The Kier molecular flexibility index (Phi) is 5.00. The Labute approximate surface area is 197 Å². The van der Waals surface area contributed by atoms with E-state index in [0.29, 0.717) is 11.5 Å². The number of hydrogen-bond acceptors (Lipinski definition) is 4. The maximum absolute atomic E-state index is 12.3. The molecule has 154 valence electrons. The number of rotatable bonds is 5. The first kappa shape index (κ1) is 19.9. The van der Waals surface area contributed by atoms with Crippen molar-refractivity contribution in [1.82, 2.24) is 5.32 Å². The standard InChI is InChI=1S/C26H18NO3S.In/c28-25-24(31-26(29)27-25)17-22(21-9-5-2-6-10-21)14-11-19-12-15-23(16-13-19)30-18-20-7-3-1-4-8-20;/h1-9,12-13,15-16H,11,18H2,(H,27,28,29);. The van der Waals surface area contributed by atoms with E-state index in [2.05, 4.69) is 53.8 Å². The van der Waals surface area contributed by atoms with Crippen molar-refractivity contribution in [2.45, 2.75) is 13.0 Å². The molecule has 1 saturated heterocycles. The zero-order valence-corrected chi connectivity index (χ0v) is 21.2. The van der Waals surface area contributed by atoms with E-state index in [1.54, 1.807) is 0 Å². The number of imide groups is 1. The third-order valence-corrected chi connectivity index (χ3v) is 17.6. The minimum absolute atomic E-state index is 0.221. The molecule has 6 heteroatoms. The molecule has 7 rings (SSSR count). The van der Waals surface area contributed by atoms with Gasteiger partial charge in [-0.25, -0.2) is 0 Å². The van der Waals surface area contributed by atoms with E-state index in [4.69, 9.17) is 4.74 Å². The molecular weight excluding hydrogens is 521 g/mol. The Balaban J connectivity index is 1.25. The van der Waals surface area contributed by atoms with Crippen molar-refractivity contribution in [3.05, 3.63) is 107 Å². The summed E-state index contributed by atoms with van der Waals surface area (Å²) in [6.45, 7) is 0.554. The second-order valence-corrected chi connectivity index (χ2v) is 17.0. The van der Waals surface area contributed by atoms with Crippen LogP contribution in [0, 0.1) is 0 Å². The quantitative estimate of drug-likeness (QED) is 0.492. The van der Waals surface area contributed by atoms with E-state index >= 15 is 0 Å². The van der Waals surface area contributed by atoms with Crippen LogP contribution in [0.1, 0.15) is 16.7 Å². The van der Waals surface area contributed by atoms with Crippen LogP contribution in [0.3, 0.4) is 0 Å². The molecule has 0 atom stereocenters. The molecule has 0 saturated carbocycles. The van der Waals surface area contributed by atoms with Gasteiger partial charge < -0.3 is 0 Å². The van der Waals surface area contributed by atoms with E-state index < -0.39 is 21.4 Å². The number of benzene rings is 3. The SMILES string of the molecule is O=C1NC(=O)/C(=[C]2\C3=[C](Cc4ccc(OCc5ccccc5)cc4)[In]2[c]2ccccc23)S1. The molecule has 0 aromatic heterocycles. The van der Waals surface area contributed by atoms with Crippen molar-refractivity contribution in [2.75, 3.05) is 0 Å². The minimum atomic E-state index is -2.46. The number of allylic oxidation sites excluding steroid dienone is 3. The molecule has 0 unspecified atom stereocenters. The molecular formula is C26H18InNO3S. The molecule has 32 heavy (non-hydrogen) atoms. The number of carbonyl (C=O) groups excluding carboxylic acids is 2. The Morgan fingerprint density at radius 2 is 1.59 bits per heavy atom. The van der Waals surface area contributed by atoms with Gasteiger partial charge in [0.25, 0.3) is 0 Å². The van der Waals surface area contributed by atoms with Crippen molar-refractivity contribution in [1.29, 1.82) is 0 Å². The third kappa shape index (κ3) is 3.33. The zero-order valence-electron chi connectivity index (χ0n) is 17.1. The summed E-state index contributed by atoms with van der Waals surface area (Å²) >= 11 is -1.39. The van der Waals surface area contributed by atoms with Crippen LogP contribution in [0.15, 0.2) is 90.4 Å². The first-order valence-corrected chi connectivity index (χ1v) is 16.3. The van der Waals surface area contributed by atoms with E-state index in [1.807, 2.05) is 30.3 Å². The van der Waals surface area contributed by atoms with Gasteiger partial charge in [-0.15, -0.1) is 0 Å². The second kappa shape index (κ2) is 8.01. The molecule has 4 nitrogen and oxygen atoms in total. The molecule has 2 bridgehead atoms. The number of thioether (sulfide) groups is 1. The van der Waals surface area contributed by atoms with E-state index in [-0.39, 0.29) is 11.1 Å². The molecule has 2 amide bonds. The normalized spacial score (nSPS) is 18.6. The predicted molar refractivity (Wildman–Crippen MR) is 128 cm³/mol. The Morgan fingerprint density at radius 3 is 2.31 bits per heavy atom. The monoisotopic (exact) mass is 539 g/mol. The third-order valence-electron chi connectivity index (χ3n) is 6.20. The van der Waals surface area contributed by atoms with Gasteiger partial charge in [-0.05, 0) is 0 Å². The predicted octanol–water partition coefficient (Wildman–Crippen LogP) is 4.31. The fraction of sp³-hybridized carbons (Fsp3) is 0.0769. The van der Waals surface area contributed by atoms with Gasteiger partial charge in [-0.2, -0.15) is 0 Å². The van der Waals surface area contributed by atoms with Crippen LogP contribution in [0.25, 0.3) is 5.57 Å². The van der Waals surface area contributed by atoms with Crippen molar-refractivity contribution in [2.24, 2.45) is 0 Å². The van der Waals surface area contributed by atoms with Crippen LogP contribution in [0.5, 0.6) is 5.75 Å². The van der Waals surface area contributed by atoms with Gasteiger partial charge in [0.05, 0.1) is 0 Å². The van der Waals surface area contributed by atoms with Crippen LogP contribution in [0.2, 0.25) is 0 Å². The summed E-state index contributed by atoms with van der Waals surface area (Å²) in [4.78, 5) is 24.7. The summed E-state index contributed by atoms with van der Waals surface area (Å²) in [6, 6.07) is 27.0. The van der Waals surface area contributed by atoms with Gasteiger partial charge in [0.15, 0.2) is 0 Å². The summed E-state index contributed by atoms with van der Waals surface area (Å²) in [5, 5.41) is 2.17. The Morgan fingerprint density at radius 1 is 0.844 bits per heavy atom. The molecule has 3 aromatic rings. The van der Waals surface area contributed by atoms with Gasteiger partial charge >= 0.3 is 199 Å². The number of amides is 2. The van der Waals surface area contributed by atoms with Crippen molar-refractivity contribution in [3.8, 4) is 5.75 Å². The molecule has 0 radical (unpaired) electrons. The molecule has 1 N–H and O–H groups in total. The average molecular weight is 539 g/mol. The summed E-state index contributed by atoms with van der Waals surface area (Å²) in [7, 11) is 0. The number of ether oxygens (including phenoxy) is 1. The van der Waals surface area contributed by atoms with Crippen LogP contribution in [0.4, 0.5) is 4.79 Å². The molecule has 0 aliphatic carbocycles. The number of carbonyl (C=O) groups is 2. The van der Waals surface area contributed by atoms with Gasteiger partial charge in [0, 0.05) is 0 Å². The summed E-state index contributed by atoms with van der Waals surface area (Å²) in [5.41, 5.74) is 4.91. The molecule has 3 aromatic carbocycles. The first-order valence-electron chi connectivity index (χ1n) is 10.5. The van der Waals surface area contributed by atoms with Gasteiger partial charge in [0.2, 0.25) is 0 Å². The van der Waals surface area contributed by atoms with E-state index in [9.17, 15) is 9.59 Å². The number of hydrogen-bond donors (Lipinski definition) is 1. The number of nitrogens with one attached hydrogen (secondary N) is 1. The second-order valence-electron chi connectivity index (χ2n) is 8.10. The molecule has 4 aliphatic heterocycles. The van der Waals surface area contributed by atoms with Crippen LogP contribution >= 0.6 is 11.8 Å². The zero-order chi connectivity index (χ0) is 21.7. The fourth-order valence-electron chi connectivity index (χ4n) is 4.79. The topological polar surface area (TPSA) is 55.4 Å². The van der Waals surface area contributed by atoms with Crippen LogP contribution < -0.4 is 13.4 Å². The Bertz CT molecular complexity index is 1330. The van der Waals surface area contributed by atoms with Crippen molar-refractivity contribution >= 4 is 53.2 Å². The average Bonchev–Trinajstić information content (AvgIpc) is 3.44. The molecule has 1 fully saturated rings. The molecule has 0 spiro atoms. The maximum atomic E-state index is 12.3. The van der Waals surface area contributed by atoms with Gasteiger partial charge in [-0.3, -0.25) is 0 Å². The molecule has 4 heterocycles. The van der Waals surface area contributed by atoms with Gasteiger partial charge in [0.1, 0.15) is 0 Å². The summed E-state index contributed by atoms with van der Waals surface area (Å²) in [5.74, 6) is 0.639. The van der Waals surface area contributed by atoms with E-state index in [1.165, 1.54) is 26.7 Å². The molecule has 4 aliphatic rings. The van der Waals surface area contributed by atoms with E-state index in [0.717, 1.165) is 29.5 Å². The van der Waals surface area contributed by atoms with Crippen LogP contribution in [-0.4, -0.2) is 32.6 Å². The van der Waals surface area contributed by atoms with Crippen molar-refractivity contribution in [3.63, 3.8) is 0 Å². The Hall–Kier alpha value is -2.70. The summed E-state index contributed by atoms with van der Waals surface area (Å²) in [6.07, 6.45) is 0.904. The fourth-order valence-corrected chi connectivity index (χ4v) is 17.4. The summed E-state index contributed by atoms with van der Waals surface area (Å²) < 4.78 is 10.1. The van der Waals surface area contributed by atoms with Crippen LogP contribution in [-0.2, 0) is 17.8 Å². The van der Waals surface area contributed by atoms with Crippen molar-refractivity contribution < 1.29 is 14.3 Å².